The molecule has 1 saturated heterocycles. The number of fused-ring (bicyclic) bond motifs is 2. The van der Waals surface area contributed by atoms with E-state index in [1.54, 1.807) is 11.8 Å². The molecule has 1 fully saturated rings. The molecule has 3 aromatic carbocycles. The predicted molar refractivity (Wildman–Crippen MR) is 155 cm³/mol. The Morgan fingerprint density at radius 3 is 2.47 bits per heavy atom. The molecule has 6 heteroatoms. The minimum Gasteiger partial charge on any atom is -0.352 e. The van der Waals surface area contributed by atoms with Crippen LogP contribution in [0.1, 0.15) is 58.5 Å². The lowest BCUT2D eigenvalue weighted by Gasteiger charge is -2.34. The van der Waals surface area contributed by atoms with E-state index in [0.29, 0.717) is 24.2 Å². The van der Waals surface area contributed by atoms with Gasteiger partial charge in [0, 0.05) is 35.0 Å². The first-order chi connectivity index (χ1) is 18.4. The van der Waals surface area contributed by atoms with Crippen LogP contribution in [0.5, 0.6) is 0 Å². The summed E-state index contributed by atoms with van der Waals surface area (Å²) < 4.78 is 0. The number of hydrogen-bond donors (Lipinski definition) is 1. The molecule has 0 saturated carbocycles. The van der Waals surface area contributed by atoms with Crippen LogP contribution in [0, 0.1) is 18.8 Å². The first kappa shape index (κ1) is 26.5. The maximum absolute atomic E-state index is 13.8. The molecule has 198 valence electrons. The van der Waals surface area contributed by atoms with Gasteiger partial charge < -0.3 is 15.1 Å². The molecule has 3 aromatic rings. The van der Waals surface area contributed by atoms with Gasteiger partial charge in [0.25, 0.3) is 11.8 Å². The van der Waals surface area contributed by atoms with Crippen LogP contribution in [-0.2, 0) is 6.54 Å². The lowest BCUT2D eigenvalue weighted by Crippen LogP contribution is -2.40. The van der Waals surface area contributed by atoms with Gasteiger partial charge in [-0.05, 0) is 74.0 Å². The van der Waals surface area contributed by atoms with Crippen molar-refractivity contribution >= 4 is 29.3 Å². The van der Waals surface area contributed by atoms with Crippen LogP contribution in [0.4, 0.5) is 5.69 Å². The normalized spacial score (nSPS) is 19.4. The minimum atomic E-state index is -0.0947. The molecule has 2 atom stereocenters. The highest BCUT2D eigenvalue weighted by Crippen LogP contribution is 2.42. The molecule has 2 aliphatic heterocycles. The Labute approximate surface area is 230 Å². The van der Waals surface area contributed by atoms with E-state index >= 15 is 0 Å². The van der Waals surface area contributed by atoms with Crippen molar-refractivity contribution < 1.29 is 9.59 Å². The Balaban J connectivity index is 1.32. The number of carbonyl (C=O) groups is 2. The standard InChI is InChI=1S/C32H37N3O2S/c1-22-9-11-25(12-10-22)21-35-28-18-26(13-14-30(28)38-29-8-5-4-7-27(29)32(35)37)31(36)33-15-6-16-34-19-23(2)17-24(3)20-34/h4-5,7-14,18,23-24H,6,15-17,19-21H2,1-3H3,(H,33,36)/t23-,24-/m0/s1. The molecular formula is C32H37N3O2S. The second-order valence-corrected chi connectivity index (χ2v) is 12.1. The van der Waals surface area contributed by atoms with E-state index in [1.165, 1.54) is 12.0 Å². The Morgan fingerprint density at radius 2 is 1.71 bits per heavy atom. The first-order valence-electron chi connectivity index (χ1n) is 13.7. The van der Waals surface area contributed by atoms with Gasteiger partial charge in [-0.2, -0.15) is 0 Å². The van der Waals surface area contributed by atoms with Crippen molar-refractivity contribution in [2.75, 3.05) is 31.1 Å². The number of benzene rings is 3. The number of likely N-dealkylation sites (tertiary alicyclic amines) is 1. The summed E-state index contributed by atoms with van der Waals surface area (Å²) in [5.41, 5.74) is 4.28. The average molecular weight is 528 g/mol. The lowest BCUT2D eigenvalue weighted by atomic mass is 9.92. The molecule has 5 rings (SSSR count). The zero-order valence-corrected chi connectivity index (χ0v) is 23.4. The summed E-state index contributed by atoms with van der Waals surface area (Å²) in [6.45, 7) is 11.1. The number of nitrogens with zero attached hydrogens (tertiary/aromatic N) is 2. The summed E-state index contributed by atoms with van der Waals surface area (Å²) >= 11 is 1.58. The van der Waals surface area contributed by atoms with Crippen LogP contribution in [-0.4, -0.2) is 42.9 Å². The van der Waals surface area contributed by atoms with Gasteiger partial charge in [0.2, 0.25) is 0 Å². The molecule has 0 unspecified atom stereocenters. The number of carbonyl (C=O) groups excluding carboxylic acids is 2. The SMILES string of the molecule is Cc1ccc(CN2C(=O)c3ccccc3Sc3ccc(C(=O)NCCCN4C[C@@H](C)C[C@H](C)C4)cc32)cc1. The van der Waals surface area contributed by atoms with Crippen molar-refractivity contribution in [2.45, 2.75) is 49.9 Å². The van der Waals surface area contributed by atoms with Gasteiger partial charge in [0.05, 0.1) is 17.8 Å². The predicted octanol–water partition coefficient (Wildman–Crippen LogP) is 6.40. The van der Waals surface area contributed by atoms with Gasteiger partial charge in [0.15, 0.2) is 0 Å². The number of hydrogen-bond acceptors (Lipinski definition) is 4. The van der Waals surface area contributed by atoms with Gasteiger partial charge in [0.1, 0.15) is 0 Å². The Morgan fingerprint density at radius 1 is 0.974 bits per heavy atom. The summed E-state index contributed by atoms with van der Waals surface area (Å²) in [6.07, 6.45) is 2.23. The molecule has 5 nitrogen and oxygen atoms in total. The Kier molecular flexibility index (Phi) is 8.20. The molecule has 0 spiro atoms. The van der Waals surface area contributed by atoms with Crippen LogP contribution >= 0.6 is 11.8 Å². The molecule has 1 N–H and O–H groups in total. The molecule has 0 aromatic heterocycles. The highest BCUT2D eigenvalue weighted by atomic mass is 32.2. The lowest BCUT2D eigenvalue weighted by molar-refractivity contribution is 0.0944. The number of nitrogens with one attached hydrogen (secondary N) is 1. The second-order valence-electron chi connectivity index (χ2n) is 11.0. The van der Waals surface area contributed by atoms with Crippen molar-refractivity contribution in [3.63, 3.8) is 0 Å². The highest BCUT2D eigenvalue weighted by molar-refractivity contribution is 7.99. The molecule has 0 radical (unpaired) electrons. The largest absolute Gasteiger partial charge is 0.352 e. The maximum Gasteiger partial charge on any atom is 0.259 e. The summed E-state index contributed by atoms with van der Waals surface area (Å²) in [5.74, 6) is 1.34. The van der Waals surface area contributed by atoms with Gasteiger partial charge in [-0.1, -0.05) is 67.6 Å². The smallest absolute Gasteiger partial charge is 0.259 e. The fraction of sp³-hybridized carbons (Fsp3) is 0.375. The van der Waals surface area contributed by atoms with E-state index in [9.17, 15) is 9.59 Å². The zero-order valence-electron chi connectivity index (χ0n) is 22.6. The third-order valence-corrected chi connectivity index (χ3v) is 8.58. The van der Waals surface area contributed by atoms with Crippen LogP contribution < -0.4 is 10.2 Å². The van der Waals surface area contributed by atoms with E-state index < -0.39 is 0 Å². The van der Waals surface area contributed by atoms with Gasteiger partial charge in [-0.3, -0.25) is 9.59 Å². The molecular weight excluding hydrogens is 490 g/mol. The van der Waals surface area contributed by atoms with Crippen LogP contribution in [0.2, 0.25) is 0 Å². The van der Waals surface area contributed by atoms with E-state index in [-0.39, 0.29) is 11.8 Å². The Hall–Kier alpha value is -3.09. The van der Waals surface area contributed by atoms with Gasteiger partial charge >= 0.3 is 0 Å². The van der Waals surface area contributed by atoms with Gasteiger partial charge in [-0.25, -0.2) is 0 Å². The quantitative estimate of drug-likeness (QED) is 0.361. The van der Waals surface area contributed by atoms with E-state index in [1.807, 2.05) is 47.4 Å². The summed E-state index contributed by atoms with van der Waals surface area (Å²) in [4.78, 5) is 33.2. The molecule has 38 heavy (non-hydrogen) atoms. The van der Waals surface area contributed by atoms with Crippen LogP contribution in [0.3, 0.4) is 0 Å². The monoisotopic (exact) mass is 527 g/mol. The summed E-state index contributed by atoms with van der Waals surface area (Å²) in [5, 5.41) is 3.11. The van der Waals surface area contributed by atoms with Crippen LogP contribution in [0.15, 0.2) is 76.5 Å². The molecule has 0 aliphatic carbocycles. The van der Waals surface area contributed by atoms with Crippen molar-refractivity contribution in [3.8, 4) is 0 Å². The second kappa shape index (κ2) is 11.7. The molecule has 2 amide bonds. The molecule has 0 bridgehead atoms. The summed E-state index contributed by atoms with van der Waals surface area (Å²) in [7, 11) is 0. The number of amides is 2. The number of rotatable bonds is 7. The molecule has 2 aliphatic rings. The number of anilines is 1. The van der Waals surface area contributed by atoms with E-state index in [2.05, 4.69) is 55.3 Å². The van der Waals surface area contributed by atoms with E-state index in [4.69, 9.17) is 0 Å². The Bertz CT molecular complexity index is 1300. The number of aryl methyl sites for hydroxylation is 1. The van der Waals surface area contributed by atoms with Crippen molar-refractivity contribution in [1.29, 1.82) is 0 Å². The van der Waals surface area contributed by atoms with Crippen molar-refractivity contribution in [1.82, 2.24) is 10.2 Å². The van der Waals surface area contributed by atoms with Crippen molar-refractivity contribution in [3.05, 3.63) is 89.0 Å². The minimum absolute atomic E-state index is 0.0463. The van der Waals surface area contributed by atoms with Crippen molar-refractivity contribution in [2.24, 2.45) is 11.8 Å². The van der Waals surface area contributed by atoms with E-state index in [0.717, 1.165) is 58.9 Å². The fourth-order valence-electron chi connectivity index (χ4n) is 5.68. The third-order valence-electron chi connectivity index (χ3n) is 7.44. The fourth-order valence-corrected chi connectivity index (χ4v) is 6.73. The van der Waals surface area contributed by atoms with Crippen LogP contribution in [0.25, 0.3) is 0 Å². The number of piperidine rings is 1. The first-order valence-corrected chi connectivity index (χ1v) is 14.5. The molecule has 2 heterocycles. The average Bonchev–Trinajstić information content (AvgIpc) is 3.01. The van der Waals surface area contributed by atoms with Gasteiger partial charge in [-0.15, -0.1) is 0 Å². The summed E-state index contributed by atoms with van der Waals surface area (Å²) in [6, 6.07) is 21.7. The maximum atomic E-state index is 13.8. The topological polar surface area (TPSA) is 52.7 Å². The zero-order chi connectivity index (χ0) is 26.6. The highest BCUT2D eigenvalue weighted by Gasteiger charge is 2.28. The third kappa shape index (κ3) is 6.13.